The lowest BCUT2D eigenvalue weighted by Gasteiger charge is -2.20. The maximum absolute atomic E-state index is 12.7. The van der Waals surface area contributed by atoms with Crippen LogP contribution in [0.3, 0.4) is 0 Å². The van der Waals surface area contributed by atoms with Crippen molar-refractivity contribution < 1.29 is 66.3 Å². The van der Waals surface area contributed by atoms with Crippen molar-refractivity contribution in [1.29, 1.82) is 0 Å². The molecule has 64 heavy (non-hydrogen) atoms. The molecule has 1 rings (SSSR count). The summed E-state index contributed by atoms with van der Waals surface area (Å²) < 4.78 is 53.3. The maximum Gasteiger partial charge on any atom is 0.472 e. The summed E-state index contributed by atoms with van der Waals surface area (Å²) in [7, 11) is -9.73. The third-order valence-corrected chi connectivity index (χ3v) is 10.5. The number of phosphoric ester groups is 2. The Balaban J connectivity index is 2.44. The zero-order valence-corrected chi connectivity index (χ0v) is 39.8. The molecule has 5 atom stereocenters. The molecular weight excluding hydrogens is 862 g/mol. The van der Waals surface area contributed by atoms with Gasteiger partial charge in [-0.3, -0.25) is 23.2 Å². The lowest BCUT2D eigenvalue weighted by atomic mass is 10.1. The molecule has 0 bridgehead atoms. The van der Waals surface area contributed by atoms with Crippen molar-refractivity contribution >= 4 is 27.6 Å². The van der Waals surface area contributed by atoms with Crippen molar-refractivity contribution in [2.24, 2.45) is 0 Å². The minimum atomic E-state index is -4.88. The molecule has 1 saturated heterocycles. The molecule has 1 aliphatic rings. The average molecular weight is 939 g/mol. The van der Waals surface area contributed by atoms with E-state index in [1.165, 1.54) is 19.3 Å². The summed E-state index contributed by atoms with van der Waals surface area (Å²) in [6.45, 7) is 1.44. The number of ether oxygens (including phenoxy) is 3. The zero-order chi connectivity index (χ0) is 47.0. The summed E-state index contributed by atoms with van der Waals surface area (Å²) in [5, 5.41) is 9.75. The predicted molar refractivity (Wildman–Crippen MR) is 252 cm³/mol. The summed E-state index contributed by atoms with van der Waals surface area (Å²) in [6.07, 6.45) is 50.0. The highest BCUT2D eigenvalue weighted by molar-refractivity contribution is 7.47. The van der Waals surface area contributed by atoms with Gasteiger partial charge in [-0.25, -0.2) is 9.13 Å². The lowest BCUT2D eigenvalue weighted by molar-refractivity contribution is -0.161. The molecule has 4 N–H and O–H groups in total. The fourth-order valence-corrected chi connectivity index (χ4v) is 6.68. The molecule has 1 heterocycles. The Bertz CT molecular complexity index is 1610. The van der Waals surface area contributed by atoms with Crippen molar-refractivity contribution in [2.75, 3.05) is 26.4 Å². The minimum Gasteiger partial charge on any atom is -0.462 e. The number of carbonyl (C=O) groups is 2. The first kappa shape index (κ1) is 58.8. The number of unbranched alkanes of at least 4 members (excludes halogenated alkanes) is 4. The van der Waals surface area contributed by atoms with E-state index in [2.05, 4.69) is 102 Å². The quantitative estimate of drug-likeness (QED) is 0.0148. The molecule has 0 aromatic heterocycles. The molecule has 14 nitrogen and oxygen atoms in total. The van der Waals surface area contributed by atoms with Crippen LogP contribution >= 0.6 is 15.6 Å². The molecule has 0 radical (unpaired) electrons. The van der Waals surface area contributed by atoms with E-state index in [9.17, 15) is 28.7 Å². The lowest BCUT2D eigenvalue weighted by Crippen LogP contribution is -2.29. The standard InChI is InChI=1S/C48H76O14P2/c1-3-5-7-8-9-10-11-12-13-14-15-16-21-24-27-30-34-38-48(51)61-44(42-60-64(55,56)59-40-43(49)39-58-63(52,53)54)41-57-47(50)37-33-29-26-23-20-18-17-19-22-25-28-32-36-46-45(62-46)35-31-6-4-2/h6,9-10,12-13,15-16,18-20,22,24,26-29,31-32,43-46,49H,3-5,7-8,11,14,17,21,23,25,30,33-42H2,1-2H3,(H,55,56)(H2,52,53,54)/b10-9-,13-12-,16-15-,20-18-,22-19-,27-24-,29-26-,31-6-,32-28-/t43-,44+,45?,46?/m0/s1. The van der Waals surface area contributed by atoms with E-state index < -0.39 is 66.2 Å². The Morgan fingerprint density at radius 3 is 1.55 bits per heavy atom. The summed E-state index contributed by atoms with van der Waals surface area (Å²) in [6, 6.07) is 0. The molecule has 0 spiro atoms. The Morgan fingerprint density at radius 2 is 1.02 bits per heavy atom. The van der Waals surface area contributed by atoms with Crippen LogP contribution in [0, 0.1) is 0 Å². The maximum atomic E-state index is 12.7. The van der Waals surface area contributed by atoms with Gasteiger partial charge in [0.25, 0.3) is 0 Å². The van der Waals surface area contributed by atoms with E-state index in [1.54, 1.807) is 0 Å². The van der Waals surface area contributed by atoms with Crippen molar-refractivity contribution in [3.63, 3.8) is 0 Å². The van der Waals surface area contributed by atoms with Gasteiger partial charge in [0.2, 0.25) is 0 Å². The number of hydrogen-bond acceptors (Lipinski definition) is 11. The monoisotopic (exact) mass is 938 g/mol. The SMILES string of the molecule is CC/C=C\CC1OC1C/C=C\C/C=C\C/C=C\C/C=C\CCC(=O)OC[C@H](COP(=O)(O)OC[C@@H](O)COP(=O)(O)O)OC(=O)CCC/C=C\C/C=C\C/C=C\C/C=C\CCCCC. The van der Waals surface area contributed by atoms with Gasteiger partial charge in [0, 0.05) is 12.8 Å². The predicted octanol–water partition coefficient (Wildman–Crippen LogP) is 10.9. The molecule has 362 valence electrons. The molecule has 0 aromatic carbocycles. The second-order valence-electron chi connectivity index (χ2n) is 15.0. The Morgan fingerprint density at radius 1 is 0.547 bits per heavy atom. The molecule has 0 saturated carbocycles. The van der Waals surface area contributed by atoms with Crippen molar-refractivity contribution in [3.05, 3.63) is 109 Å². The number of aliphatic hydroxyl groups excluding tert-OH is 1. The number of esters is 2. The van der Waals surface area contributed by atoms with Crippen LogP contribution in [-0.4, -0.2) is 82.6 Å². The normalized spacial score (nSPS) is 18.1. The van der Waals surface area contributed by atoms with Crippen molar-refractivity contribution in [1.82, 2.24) is 0 Å². The fraction of sp³-hybridized carbons (Fsp3) is 0.583. The molecule has 1 fully saturated rings. The van der Waals surface area contributed by atoms with Crippen LogP contribution in [0.25, 0.3) is 0 Å². The van der Waals surface area contributed by atoms with Crippen LogP contribution in [0.15, 0.2) is 109 Å². The van der Waals surface area contributed by atoms with Crippen LogP contribution in [0.2, 0.25) is 0 Å². The number of carbonyl (C=O) groups excluding carboxylic acids is 2. The summed E-state index contributed by atoms with van der Waals surface area (Å²) >= 11 is 0. The van der Waals surface area contributed by atoms with E-state index >= 15 is 0 Å². The molecule has 1 aliphatic heterocycles. The number of rotatable bonds is 40. The average Bonchev–Trinajstić information content (AvgIpc) is 4.01. The molecule has 3 unspecified atom stereocenters. The highest BCUT2D eigenvalue weighted by Crippen LogP contribution is 2.44. The van der Waals surface area contributed by atoms with Gasteiger partial charge in [-0.1, -0.05) is 136 Å². The van der Waals surface area contributed by atoms with Crippen molar-refractivity contribution in [3.8, 4) is 0 Å². The third-order valence-electron chi connectivity index (χ3n) is 9.05. The van der Waals surface area contributed by atoms with Gasteiger partial charge >= 0.3 is 27.6 Å². The number of allylic oxidation sites excluding steroid dienone is 16. The fourth-order valence-electron chi connectivity index (χ4n) is 5.52. The van der Waals surface area contributed by atoms with Gasteiger partial charge in [0.15, 0.2) is 6.10 Å². The summed E-state index contributed by atoms with van der Waals surface area (Å²) in [5.74, 6) is -1.21. The summed E-state index contributed by atoms with van der Waals surface area (Å²) in [5.41, 5.74) is 0. The first-order chi connectivity index (χ1) is 30.8. The van der Waals surface area contributed by atoms with Gasteiger partial charge in [-0.05, 0) is 89.9 Å². The van der Waals surface area contributed by atoms with Gasteiger partial charge < -0.3 is 34.0 Å². The zero-order valence-electron chi connectivity index (χ0n) is 38.0. The van der Waals surface area contributed by atoms with E-state index in [4.69, 9.17) is 28.5 Å². The van der Waals surface area contributed by atoms with Gasteiger partial charge in [-0.15, -0.1) is 0 Å². The van der Waals surface area contributed by atoms with Gasteiger partial charge in [0.1, 0.15) is 12.7 Å². The van der Waals surface area contributed by atoms with E-state index in [1.807, 2.05) is 30.4 Å². The van der Waals surface area contributed by atoms with Crippen LogP contribution in [0.1, 0.15) is 129 Å². The van der Waals surface area contributed by atoms with Crippen LogP contribution < -0.4 is 0 Å². The van der Waals surface area contributed by atoms with Crippen LogP contribution in [0.4, 0.5) is 0 Å². The van der Waals surface area contributed by atoms with Gasteiger partial charge in [-0.2, -0.15) is 0 Å². The second-order valence-corrected chi connectivity index (χ2v) is 17.7. The van der Waals surface area contributed by atoms with Crippen LogP contribution in [-0.2, 0) is 46.5 Å². The highest BCUT2D eigenvalue weighted by Gasteiger charge is 2.36. The van der Waals surface area contributed by atoms with E-state index in [-0.39, 0.29) is 12.8 Å². The first-order valence-corrected chi connectivity index (χ1v) is 25.7. The second kappa shape index (κ2) is 39.0. The van der Waals surface area contributed by atoms with Crippen molar-refractivity contribution in [2.45, 2.75) is 154 Å². The van der Waals surface area contributed by atoms with Gasteiger partial charge in [0.05, 0.1) is 32.0 Å². The topological polar surface area (TPSA) is 208 Å². The Labute approximate surface area is 382 Å². The minimum absolute atomic E-state index is 0.0308. The van der Waals surface area contributed by atoms with E-state index in [0.29, 0.717) is 37.9 Å². The number of aliphatic hydroxyl groups is 1. The molecule has 16 heteroatoms. The molecular formula is C48H76O14P2. The number of hydrogen-bond donors (Lipinski definition) is 4. The number of phosphoric acid groups is 2. The highest BCUT2D eigenvalue weighted by atomic mass is 31.2. The smallest absolute Gasteiger partial charge is 0.462 e. The molecule has 0 aromatic rings. The third kappa shape index (κ3) is 39.1. The first-order valence-electron chi connectivity index (χ1n) is 22.7. The molecule has 0 amide bonds. The number of epoxide rings is 1. The summed E-state index contributed by atoms with van der Waals surface area (Å²) in [4.78, 5) is 52.7. The Kier molecular flexibility index (Phi) is 35.8. The van der Waals surface area contributed by atoms with E-state index in [0.717, 1.165) is 57.8 Å². The van der Waals surface area contributed by atoms with Crippen LogP contribution in [0.5, 0.6) is 0 Å². The largest absolute Gasteiger partial charge is 0.472 e. The Hall–Kier alpha value is -3.26. The molecule has 0 aliphatic carbocycles.